The van der Waals surface area contributed by atoms with Crippen LogP contribution in [0.15, 0.2) is 30.3 Å². The molecule has 1 aromatic rings. The van der Waals surface area contributed by atoms with Crippen molar-refractivity contribution in [1.29, 1.82) is 0 Å². The molecule has 1 atom stereocenters. The SMILES string of the molecule is CC(=O)[C@]1(c2ccccc2)CC(C)(C)OC1=O. The van der Waals surface area contributed by atoms with Gasteiger partial charge in [-0.15, -0.1) is 0 Å². The fourth-order valence-corrected chi connectivity index (χ4v) is 2.50. The Morgan fingerprint density at radius 1 is 1.24 bits per heavy atom. The molecule has 1 aliphatic heterocycles. The first-order valence-corrected chi connectivity index (χ1v) is 5.68. The van der Waals surface area contributed by atoms with Gasteiger partial charge in [0, 0.05) is 6.42 Å². The number of rotatable bonds is 2. The summed E-state index contributed by atoms with van der Waals surface area (Å²) in [5.41, 5.74) is -0.980. The minimum absolute atomic E-state index is 0.153. The monoisotopic (exact) mass is 232 g/mol. The molecule has 0 radical (unpaired) electrons. The Morgan fingerprint density at radius 3 is 2.24 bits per heavy atom. The first-order chi connectivity index (χ1) is 7.88. The van der Waals surface area contributed by atoms with E-state index in [1.165, 1.54) is 6.92 Å². The highest BCUT2D eigenvalue weighted by molar-refractivity contribution is 6.10. The molecular formula is C14H16O3. The van der Waals surface area contributed by atoms with Gasteiger partial charge >= 0.3 is 5.97 Å². The quantitative estimate of drug-likeness (QED) is 0.580. The first kappa shape index (κ1) is 11.8. The summed E-state index contributed by atoms with van der Waals surface area (Å²) in [5.74, 6) is -0.583. The van der Waals surface area contributed by atoms with Crippen LogP contribution in [0.2, 0.25) is 0 Å². The van der Waals surface area contributed by atoms with Crippen LogP contribution in [-0.2, 0) is 19.7 Å². The second kappa shape index (κ2) is 3.69. The standard InChI is InChI=1S/C14H16O3/c1-10(15)14(11-7-5-4-6-8-11)9-13(2,3)17-12(14)16/h4-8H,9H2,1-3H3/t14-/m0/s1. The molecule has 0 saturated carbocycles. The van der Waals surface area contributed by atoms with Gasteiger partial charge in [-0.1, -0.05) is 30.3 Å². The number of hydrogen-bond acceptors (Lipinski definition) is 3. The van der Waals surface area contributed by atoms with E-state index in [4.69, 9.17) is 4.74 Å². The zero-order chi connectivity index (χ0) is 12.7. The lowest BCUT2D eigenvalue weighted by Crippen LogP contribution is -2.39. The van der Waals surface area contributed by atoms with E-state index in [1.54, 1.807) is 0 Å². The second-order valence-corrected chi connectivity index (χ2v) is 5.15. The van der Waals surface area contributed by atoms with Crippen molar-refractivity contribution >= 4 is 11.8 Å². The Bertz CT molecular complexity index is 462. The molecule has 0 aliphatic carbocycles. The second-order valence-electron chi connectivity index (χ2n) is 5.15. The maximum absolute atomic E-state index is 12.1. The van der Waals surface area contributed by atoms with Gasteiger partial charge in [-0.05, 0) is 26.3 Å². The third kappa shape index (κ3) is 1.75. The Morgan fingerprint density at radius 2 is 1.82 bits per heavy atom. The van der Waals surface area contributed by atoms with Crippen LogP contribution in [0.5, 0.6) is 0 Å². The van der Waals surface area contributed by atoms with E-state index in [1.807, 2.05) is 44.2 Å². The number of ketones is 1. The molecule has 0 spiro atoms. The zero-order valence-corrected chi connectivity index (χ0v) is 10.3. The normalized spacial score (nSPS) is 26.6. The lowest BCUT2D eigenvalue weighted by Gasteiger charge is -2.23. The molecule has 3 heteroatoms. The Kier molecular flexibility index (Phi) is 2.57. The summed E-state index contributed by atoms with van der Waals surface area (Å²) < 4.78 is 5.32. The van der Waals surface area contributed by atoms with E-state index in [0.717, 1.165) is 5.56 Å². The number of hydrogen-bond donors (Lipinski definition) is 0. The highest BCUT2D eigenvalue weighted by Gasteiger charge is 2.56. The Balaban J connectivity index is 2.57. The Hall–Kier alpha value is -1.64. The van der Waals surface area contributed by atoms with Crippen LogP contribution >= 0.6 is 0 Å². The van der Waals surface area contributed by atoms with Crippen molar-refractivity contribution in [2.75, 3.05) is 0 Å². The minimum Gasteiger partial charge on any atom is -0.459 e. The van der Waals surface area contributed by atoms with Crippen molar-refractivity contribution in [3.63, 3.8) is 0 Å². The number of cyclic esters (lactones) is 1. The van der Waals surface area contributed by atoms with E-state index in [9.17, 15) is 9.59 Å². The molecule has 0 unspecified atom stereocenters. The van der Waals surface area contributed by atoms with Gasteiger partial charge in [-0.25, -0.2) is 0 Å². The van der Waals surface area contributed by atoms with Gasteiger partial charge in [0.2, 0.25) is 0 Å². The average Bonchev–Trinajstić information content (AvgIpc) is 2.50. The summed E-state index contributed by atoms with van der Waals surface area (Å²) in [6.45, 7) is 5.12. The van der Waals surface area contributed by atoms with Gasteiger partial charge in [0.05, 0.1) is 0 Å². The fraction of sp³-hybridized carbons (Fsp3) is 0.429. The number of Topliss-reactive ketones (excluding diaryl/α,β-unsaturated/α-hetero) is 1. The van der Waals surface area contributed by atoms with Crippen molar-refractivity contribution < 1.29 is 14.3 Å². The zero-order valence-electron chi connectivity index (χ0n) is 10.3. The lowest BCUT2D eigenvalue weighted by molar-refractivity contribution is -0.151. The van der Waals surface area contributed by atoms with Crippen LogP contribution in [0, 0.1) is 0 Å². The lowest BCUT2D eigenvalue weighted by atomic mass is 9.73. The van der Waals surface area contributed by atoms with Crippen molar-refractivity contribution in [2.24, 2.45) is 0 Å². The molecule has 1 aliphatic rings. The van der Waals surface area contributed by atoms with E-state index in [-0.39, 0.29) is 5.78 Å². The van der Waals surface area contributed by atoms with Crippen LogP contribution in [0.25, 0.3) is 0 Å². The third-order valence-corrected chi connectivity index (χ3v) is 3.28. The molecule has 90 valence electrons. The van der Waals surface area contributed by atoms with Crippen LogP contribution in [0.1, 0.15) is 32.8 Å². The molecule has 1 aromatic carbocycles. The van der Waals surface area contributed by atoms with Gasteiger partial charge in [-0.3, -0.25) is 9.59 Å². The fourth-order valence-electron chi connectivity index (χ4n) is 2.50. The molecule has 3 nitrogen and oxygen atoms in total. The van der Waals surface area contributed by atoms with Gasteiger partial charge in [0.15, 0.2) is 11.2 Å². The number of esters is 1. The van der Waals surface area contributed by atoms with Crippen LogP contribution in [0.3, 0.4) is 0 Å². The van der Waals surface area contributed by atoms with E-state index in [2.05, 4.69) is 0 Å². The third-order valence-electron chi connectivity index (χ3n) is 3.28. The summed E-state index contributed by atoms with van der Waals surface area (Å²) in [7, 11) is 0. The predicted octanol–water partition coefficient (Wildman–Crippen LogP) is 2.24. The number of benzene rings is 1. The minimum atomic E-state index is -1.12. The molecule has 0 amide bonds. The maximum atomic E-state index is 12.1. The van der Waals surface area contributed by atoms with Crippen molar-refractivity contribution in [3.05, 3.63) is 35.9 Å². The highest BCUT2D eigenvalue weighted by Crippen LogP contribution is 2.43. The summed E-state index contributed by atoms with van der Waals surface area (Å²) in [4.78, 5) is 24.1. The molecule has 0 N–H and O–H groups in total. The molecule has 0 aromatic heterocycles. The average molecular weight is 232 g/mol. The largest absolute Gasteiger partial charge is 0.459 e. The van der Waals surface area contributed by atoms with Crippen molar-refractivity contribution in [3.8, 4) is 0 Å². The molecule has 1 heterocycles. The molecular weight excluding hydrogens is 216 g/mol. The van der Waals surface area contributed by atoms with Crippen LogP contribution in [0.4, 0.5) is 0 Å². The molecule has 2 rings (SSSR count). The number of carbonyl (C=O) groups is 2. The van der Waals surface area contributed by atoms with Gasteiger partial charge in [0.1, 0.15) is 5.60 Å². The van der Waals surface area contributed by atoms with E-state index < -0.39 is 17.0 Å². The number of ether oxygens (including phenoxy) is 1. The highest BCUT2D eigenvalue weighted by atomic mass is 16.6. The summed E-state index contributed by atoms with van der Waals surface area (Å²) in [6, 6.07) is 9.15. The van der Waals surface area contributed by atoms with E-state index >= 15 is 0 Å². The predicted molar refractivity (Wildman–Crippen MR) is 63.6 cm³/mol. The first-order valence-electron chi connectivity index (χ1n) is 5.68. The Labute approximate surface area is 101 Å². The van der Waals surface area contributed by atoms with Crippen molar-refractivity contribution in [1.82, 2.24) is 0 Å². The summed E-state index contributed by atoms with van der Waals surface area (Å²) >= 11 is 0. The summed E-state index contributed by atoms with van der Waals surface area (Å²) in [6.07, 6.45) is 0.401. The van der Waals surface area contributed by atoms with Crippen LogP contribution < -0.4 is 0 Å². The smallest absolute Gasteiger partial charge is 0.324 e. The van der Waals surface area contributed by atoms with Gasteiger partial charge < -0.3 is 4.74 Å². The number of carbonyl (C=O) groups excluding carboxylic acids is 2. The van der Waals surface area contributed by atoms with Gasteiger partial charge in [-0.2, -0.15) is 0 Å². The molecule has 1 fully saturated rings. The topological polar surface area (TPSA) is 43.4 Å². The maximum Gasteiger partial charge on any atom is 0.324 e. The molecule has 17 heavy (non-hydrogen) atoms. The summed E-state index contributed by atoms with van der Waals surface area (Å²) in [5, 5.41) is 0. The molecule has 0 bridgehead atoms. The molecule has 1 saturated heterocycles. The van der Waals surface area contributed by atoms with Crippen LogP contribution in [-0.4, -0.2) is 17.4 Å². The van der Waals surface area contributed by atoms with E-state index in [0.29, 0.717) is 6.42 Å². The van der Waals surface area contributed by atoms with Gasteiger partial charge in [0.25, 0.3) is 0 Å². The van der Waals surface area contributed by atoms with Crippen molar-refractivity contribution in [2.45, 2.75) is 38.2 Å².